The highest BCUT2D eigenvalue weighted by Gasteiger charge is 2.04. The van der Waals surface area contributed by atoms with Crippen LogP contribution in [0.15, 0.2) is 24.3 Å². The molecule has 4 N–H and O–H groups in total. The van der Waals surface area contributed by atoms with Crippen LogP contribution in [0.4, 0.5) is 0 Å². The number of phenolic OH excluding ortho intramolecular Hbond substituents is 1. The van der Waals surface area contributed by atoms with Gasteiger partial charge < -0.3 is 15.8 Å². The third kappa shape index (κ3) is 1.38. The first-order valence-corrected chi connectivity index (χ1v) is 4.24. The molecule has 0 radical (unpaired) electrons. The number of nitrogens with two attached hydrogens (primary N) is 1. The number of nitrogens with one attached hydrogen (secondary N) is 1. The van der Waals surface area contributed by atoms with Gasteiger partial charge in [-0.15, -0.1) is 0 Å². The summed E-state index contributed by atoms with van der Waals surface area (Å²) in [5, 5.41) is 10.3. The summed E-state index contributed by atoms with van der Waals surface area (Å²) in [6, 6.07) is 7.23. The highest BCUT2D eigenvalue weighted by Crippen LogP contribution is 2.22. The Morgan fingerprint density at radius 3 is 2.85 bits per heavy atom. The molecule has 3 nitrogen and oxygen atoms in total. The van der Waals surface area contributed by atoms with Gasteiger partial charge in [0.15, 0.2) is 0 Å². The molecule has 1 aromatic heterocycles. The number of rotatable bonds is 1. The Bertz CT molecular complexity index is 431. The smallest absolute Gasteiger partial charge is 0.117 e. The molecule has 0 saturated carbocycles. The van der Waals surface area contributed by atoms with Crippen molar-refractivity contribution in [2.75, 3.05) is 0 Å². The first-order chi connectivity index (χ1) is 6.16. The van der Waals surface area contributed by atoms with Crippen LogP contribution in [-0.4, -0.2) is 10.1 Å². The summed E-state index contributed by atoms with van der Waals surface area (Å²) in [4.78, 5) is 3.15. The Morgan fingerprint density at radius 2 is 2.15 bits per heavy atom. The normalized spacial score (nSPS) is 13.4. The van der Waals surface area contributed by atoms with Gasteiger partial charge in [-0.05, 0) is 30.5 Å². The molecule has 0 saturated heterocycles. The van der Waals surface area contributed by atoms with Gasteiger partial charge in [0.1, 0.15) is 5.75 Å². The molecule has 2 rings (SSSR count). The second kappa shape index (κ2) is 2.78. The number of benzene rings is 1. The summed E-state index contributed by atoms with van der Waals surface area (Å²) in [7, 11) is 0. The van der Waals surface area contributed by atoms with Gasteiger partial charge >= 0.3 is 0 Å². The van der Waals surface area contributed by atoms with Crippen LogP contribution in [0.25, 0.3) is 10.9 Å². The fraction of sp³-hybridized carbons (Fsp3) is 0.200. The predicted molar refractivity (Wildman–Crippen MR) is 52.6 cm³/mol. The second-order valence-electron chi connectivity index (χ2n) is 3.28. The molecule has 0 fully saturated rings. The molecular formula is C10H12N2O. The molecule has 0 aliphatic carbocycles. The van der Waals surface area contributed by atoms with Crippen molar-refractivity contribution < 1.29 is 5.11 Å². The second-order valence-corrected chi connectivity index (χ2v) is 3.28. The number of H-pyrrole nitrogens is 1. The molecule has 3 heteroatoms. The average Bonchev–Trinajstić information content (AvgIpc) is 2.46. The molecule has 0 unspecified atom stereocenters. The Labute approximate surface area is 76.2 Å². The maximum absolute atomic E-state index is 9.23. The minimum Gasteiger partial charge on any atom is -0.508 e. The van der Waals surface area contributed by atoms with E-state index in [1.807, 2.05) is 19.1 Å². The van der Waals surface area contributed by atoms with Gasteiger partial charge in [-0.3, -0.25) is 0 Å². The Hall–Kier alpha value is -1.48. The van der Waals surface area contributed by atoms with Gasteiger partial charge in [-0.2, -0.15) is 0 Å². The van der Waals surface area contributed by atoms with Gasteiger partial charge in [0.2, 0.25) is 0 Å². The molecule has 68 valence electrons. The van der Waals surface area contributed by atoms with E-state index in [0.29, 0.717) is 0 Å². The lowest BCUT2D eigenvalue weighted by Crippen LogP contribution is -2.04. The SMILES string of the molecule is C[C@H](N)c1cc2ccc(O)cc2[nH]1. The maximum Gasteiger partial charge on any atom is 0.117 e. The molecule has 0 spiro atoms. The van der Waals surface area contributed by atoms with Crippen molar-refractivity contribution in [2.45, 2.75) is 13.0 Å². The standard InChI is InChI=1S/C10H12N2O/c1-6(11)9-4-7-2-3-8(13)5-10(7)12-9/h2-6,12-13H,11H2,1H3/t6-/m0/s1. The number of hydrogen-bond donors (Lipinski definition) is 3. The number of aromatic nitrogens is 1. The van der Waals surface area contributed by atoms with E-state index >= 15 is 0 Å². The first kappa shape index (κ1) is 8.13. The topological polar surface area (TPSA) is 62.0 Å². The van der Waals surface area contributed by atoms with Crippen LogP contribution >= 0.6 is 0 Å². The van der Waals surface area contributed by atoms with Crippen molar-refractivity contribution in [1.82, 2.24) is 4.98 Å². The average molecular weight is 176 g/mol. The fourth-order valence-electron chi connectivity index (χ4n) is 1.38. The summed E-state index contributed by atoms with van der Waals surface area (Å²) >= 11 is 0. The summed E-state index contributed by atoms with van der Waals surface area (Å²) in [5.74, 6) is 0.269. The molecule has 1 aromatic carbocycles. The van der Waals surface area contributed by atoms with E-state index in [-0.39, 0.29) is 11.8 Å². The number of hydrogen-bond acceptors (Lipinski definition) is 2. The third-order valence-electron chi connectivity index (χ3n) is 2.12. The summed E-state index contributed by atoms with van der Waals surface area (Å²) in [6.07, 6.45) is 0. The van der Waals surface area contributed by atoms with Gasteiger partial charge in [-0.25, -0.2) is 0 Å². The predicted octanol–water partition coefficient (Wildman–Crippen LogP) is 1.89. The lowest BCUT2D eigenvalue weighted by molar-refractivity contribution is 0.476. The molecule has 13 heavy (non-hydrogen) atoms. The molecule has 0 aliphatic rings. The van der Waals surface area contributed by atoms with Gasteiger partial charge in [-0.1, -0.05) is 0 Å². The van der Waals surface area contributed by atoms with Crippen LogP contribution in [0.3, 0.4) is 0 Å². The lowest BCUT2D eigenvalue weighted by Gasteiger charge is -1.98. The monoisotopic (exact) mass is 176 g/mol. The molecule has 1 heterocycles. The van der Waals surface area contributed by atoms with Crippen molar-refractivity contribution in [3.8, 4) is 5.75 Å². The van der Waals surface area contributed by atoms with Crippen LogP contribution in [0, 0.1) is 0 Å². The molecular weight excluding hydrogens is 164 g/mol. The summed E-state index contributed by atoms with van der Waals surface area (Å²) in [5.41, 5.74) is 7.63. The largest absolute Gasteiger partial charge is 0.508 e. The van der Waals surface area contributed by atoms with Crippen LogP contribution < -0.4 is 5.73 Å². The van der Waals surface area contributed by atoms with Crippen LogP contribution in [0.2, 0.25) is 0 Å². The van der Waals surface area contributed by atoms with E-state index in [4.69, 9.17) is 5.73 Å². The molecule has 1 atom stereocenters. The lowest BCUT2D eigenvalue weighted by atomic mass is 10.2. The van der Waals surface area contributed by atoms with Crippen LogP contribution in [0.5, 0.6) is 5.75 Å². The minimum atomic E-state index is -0.00505. The van der Waals surface area contributed by atoms with Crippen molar-refractivity contribution in [2.24, 2.45) is 5.73 Å². The Kier molecular flexibility index (Phi) is 1.74. The van der Waals surface area contributed by atoms with Gasteiger partial charge in [0.05, 0.1) is 0 Å². The summed E-state index contributed by atoms with van der Waals surface area (Å²) < 4.78 is 0. The van der Waals surface area contributed by atoms with E-state index in [1.54, 1.807) is 12.1 Å². The van der Waals surface area contributed by atoms with Crippen molar-refractivity contribution in [3.63, 3.8) is 0 Å². The first-order valence-electron chi connectivity index (χ1n) is 4.24. The highest BCUT2D eigenvalue weighted by molar-refractivity contribution is 5.81. The van der Waals surface area contributed by atoms with E-state index in [9.17, 15) is 5.11 Å². The Balaban J connectivity index is 2.62. The van der Waals surface area contributed by atoms with Crippen molar-refractivity contribution in [1.29, 1.82) is 0 Å². The van der Waals surface area contributed by atoms with E-state index in [0.717, 1.165) is 16.6 Å². The zero-order valence-corrected chi connectivity index (χ0v) is 7.41. The molecule has 0 bridgehead atoms. The number of aromatic amines is 1. The number of aromatic hydroxyl groups is 1. The number of fused-ring (bicyclic) bond motifs is 1. The Morgan fingerprint density at radius 1 is 1.38 bits per heavy atom. The minimum absolute atomic E-state index is 0.00505. The van der Waals surface area contributed by atoms with E-state index in [2.05, 4.69) is 4.98 Å². The highest BCUT2D eigenvalue weighted by atomic mass is 16.3. The quantitative estimate of drug-likeness (QED) is 0.621. The summed E-state index contributed by atoms with van der Waals surface area (Å²) in [6.45, 7) is 1.92. The molecule has 0 aliphatic heterocycles. The van der Waals surface area contributed by atoms with Crippen LogP contribution in [-0.2, 0) is 0 Å². The zero-order chi connectivity index (χ0) is 9.42. The maximum atomic E-state index is 9.23. The van der Waals surface area contributed by atoms with E-state index < -0.39 is 0 Å². The van der Waals surface area contributed by atoms with Gasteiger partial charge in [0.25, 0.3) is 0 Å². The fourth-order valence-corrected chi connectivity index (χ4v) is 1.38. The van der Waals surface area contributed by atoms with E-state index in [1.165, 1.54) is 0 Å². The third-order valence-corrected chi connectivity index (χ3v) is 2.12. The van der Waals surface area contributed by atoms with Crippen molar-refractivity contribution in [3.05, 3.63) is 30.0 Å². The zero-order valence-electron chi connectivity index (χ0n) is 7.41. The van der Waals surface area contributed by atoms with Gasteiger partial charge in [0, 0.05) is 23.3 Å². The van der Waals surface area contributed by atoms with Crippen molar-refractivity contribution >= 4 is 10.9 Å². The number of phenols is 1. The molecule has 0 amide bonds. The molecule has 2 aromatic rings. The van der Waals surface area contributed by atoms with Crippen LogP contribution in [0.1, 0.15) is 18.7 Å².